The molecule has 3 heteroatoms. The van der Waals surface area contributed by atoms with E-state index in [0.29, 0.717) is 0 Å². The number of hydrogen-bond acceptors (Lipinski definition) is 2. The third-order valence-corrected chi connectivity index (χ3v) is 5.99. The van der Waals surface area contributed by atoms with Gasteiger partial charge in [0.1, 0.15) is 0 Å². The van der Waals surface area contributed by atoms with Crippen LogP contribution in [0.1, 0.15) is 56.4 Å². The Kier molecular flexibility index (Phi) is 6.04. The second-order valence-electron chi connectivity index (χ2n) is 7.77. The van der Waals surface area contributed by atoms with Crippen molar-refractivity contribution in [3.8, 4) is 0 Å². The summed E-state index contributed by atoms with van der Waals surface area (Å²) in [5.41, 5.74) is 3.17. The molecule has 0 aliphatic heterocycles. The van der Waals surface area contributed by atoms with Crippen LogP contribution in [0, 0.1) is 0 Å². The highest BCUT2D eigenvalue weighted by Gasteiger charge is 2.42. The molecule has 0 unspecified atom stereocenters. The third kappa shape index (κ3) is 4.19. The molecule has 0 radical (unpaired) electrons. The largest absolute Gasteiger partial charge is 0.385 e. The average molecular weight is 360 g/mol. The molecule has 25 heavy (non-hydrogen) atoms. The van der Waals surface area contributed by atoms with Crippen molar-refractivity contribution in [2.75, 3.05) is 20.6 Å². The minimum Gasteiger partial charge on any atom is -0.385 e. The number of nitrogens with zero attached hydrogens (tertiary/aromatic N) is 1. The van der Waals surface area contributed by atoms with Crippen molar-refractivity contribution in [1.29, 1.82) is 0 Å². The quantitative estimate of drug-likeness (QED) is 0.768. The van der Waals surface area contributed by atoms with E-state index in [4.69, 9.17) is 11.6 Å². The molecule has 2 aliphatic rings. The Balaban J connectivity index is 1.97. The van der Waals surface area contributed by atoms with Crippen molar-refractivity contribution >= 4 is 11.6 Å². The van der Waals surface area contributed by atoms with Crippen LogP contribution in [0.5, 0.6) is 0 Å². The van der Waals surface area contributed by atoms with Gasteiger partial charge in [0.2, 0.25) is 0 Å². The van der Waals surface area contributed by atoms with E-state index < -0.39 is 5.60 Å². The zero-order chi connectivity index (χ0) is 17.9. The molecule has 3 rings (SSSR count). The summed E-state index contributed by atoms with van der Waals surface area (Å²) in [6.45, 7) is 1.01. The fraction of sp³-hybridized carbons (Fsp3) is 0.545. The van der Waals surface area contributed by atoms with Gasteiger partial charge in [0.15, 0.2) is 0 Å². The number of aliphatic hydroxyl groups is 1. The molecule has 0 amide bonds. The molecule has 2 atom stereocenters. The van der Waals surface area contributed by atoms with Gasteiger partial charge in [-0.15, -0.1) is 0 Å². The van der Waals surface area contributed by atoms with Gasteiger partial charge in [-0.3, -0.25) is 0 Å². The summed E-state index contributed by atoms with van der Waals surface area (Å²) >= 11 is 6.10. The summed E-state index contributed by atoms with van der Waals surface area (Å²) < 4.78 is 0. The Labute approximate surface area is 157 Å². The molecule has 0 saturated heterocycles. The highest BCUT2D eigenvalue weighted by atomic mass is 35.5. The highest BCUT2D eigenvalue weighted by molar-refractivity contribution is 6.30. The Morgan fingerprint density at radius 1 is 1.20 bits per heavy atom. The number of halogens is 1. The van der Waals surface area contributed by atoms with E-state index in [9.17, 15) is 5.11 Å². The van der Waals surface area contributed by atoms with Crippen LogP contribution in [0.25, 0.3) is 0 Å². The molecular weight excluding hydrogens is 330 g/mol. The molecule has 0 aromatic heterocycles. The highest BCUT2D eigenvalue weighted by Crippen LogP contribution is 2.48. The molecule has 2 nitrogen and oxygen atoms in total. The van der Waals surface area contributed by atoms with Gasteiger partial charge in [-0.1, -0.05) is 35.9 Å². The fourth-order valence-corrected chi connectivity index (χ4v) is 4.64. The monoisotopic (exact) mass is 359 g/mol. The Morgan fingerprint density at radius 3 is 2.68 bits per heavy atom. The lowest BCUT2D eigenvalue weighted by atomic mass is 9.71. The van der Waals surface area contributed by atoms with E-state index in [1.165, 1.54) is 16.7 Å². The number of rotatable bonds is 5. The Hall–Kier alpha value is -1.09. The summed E-state index contributed by atoms with van der Waals surface area (Å²) in [5.74, 6) is 0.158. The molecule has 136 valence electrons. The molecule has 0 heterocycles. The smallest absolute Gasteiger partial charge is 0.0931 e. The van der Waals surface area contributed by atoms with Crippen LogP contribution in [-0.2, 0) is 0 Å². The molecule has 0 fully saturated rings. The van der Waals surface area contributed by atoms with Gasteiger partial charge in [-0.2, -0.15) is 0 Å². The topological polar surface area (TPSA) is 23.5 Å². The maximum absolute atomic E-state index is 12.0. The maximum Gasteiger partial charge on any atom is 0.0931 e. The van der Waals surface area contributed by atoms with Crippen molar-refractivity contribution in [3.05, 3.63) is 58.1 Å². The molecule has 0 saturated carbocycles. The molecular formula is C22H30ClNO. The van der Waals surface area contributed by atoms with Gasteiger partial charge in [0.05, 0.1) is 5.60 Å². The summed E-state index contributed by atoms with van der Waals surface area (Å²) in [5, 5.41) is 12.8. The third-order valence-electron chi connectivity index (χ3n) is 5.74. The predicted molar refractivity (Wildman–Crippen MR) is 106 cm³/mol. The maximum atomic E-state index is 12.0. The van der Waals surface area contributed by atoms with Gasteiger partial charge < -0.3 is 10.0 Å². The molecule has 1 aromatic carbocycles. The van der Waals surface area contributed by atoms with Crippen LogP contribution in [0.4, 0.5) is 0 Å². The lowest BCUT2D eigenvalue weighted by Gasteiger charge is -2.40. The van der Waals surface area contributed by atoms with Gasteiger partial charge in [-0.25, -0.2) is 0 Å². The van der Waals surface area contributed by atoms with Crippen LogP contribution in [-0.4, -0.2) is 36.2 Å². The second kappa shape index (κ2) is 8.07. The summed E-state index contributed by atoms with van der Waals surface area (Å²) in [7, 11) is 4.20. The molecule has 2 aliphatic carbocycles. The summed E-state index contributed by atoms with van der Waals surface area (Å²) in [6, 6.07) is 8.12. The predicted octanol–water partition coefficient (Wildman–Crippen LogP) is 5.33. The number of benzene rings is 1. The molecule has 1 aromatic rings. The fourth-order valence-electron chi connectivity index (χ4n) is 4.52. The summed E-state index contributed by atoms with van der Waals surface area (Å²) in [6.07, 6.45) is 11.6. The average Bonchev–Trinajstić information content (AvgIpc) is 2.73. The second-order valence-corrected chi connectivity index (χ2v) is 8.21. The lowest BCUT2D eigenvalue weighted by Crippen LogP contribution is -2.39. The lowest BCUT2D eigenvalue weighted by molar-refractivity contribution is 0.0310. The standard InChI is InChI=1S/C22H30ClNO/c1-24(2)16-6-15-22(25)20-9-4-3-7-17(20)8-5-10-21(22)18-11-13-19(23)14-12-18/h3,7,11-14,21,25H,4-6,8-10,15-16H2,1-2H3/t21-,22-/m1/s1. The van der Waals surface area contributed by atoms with Crippen molar-refractivity contribution in [2.24, 2.45) is 0 Å². The first-order chi connectivity index (χ1) is 12.0. The van der Waals surface area contributed by atoms with Gasteiger partial charge >= 0.3 is 0 Å². The van der Waals surface area contributed by atoms with Crippen LogP contribution < -0.4 is 0 Å². The minimum absolute atomic E-state index is 0.158. The Morgan fingerprint density at radius 2 is 1.96 bits per heavy atom. The van der Waals surface area contributed by atoms with E-state index in [-0.39, 0.29) is 5.92 Å². The first-order valence-corrected chi connectivity index (χ1v) is 9.90. The molecule has 0 spiro atoms. The van der Waals surface area contributed by atoms with Gasteiger partial charge in [-0.05, 0) is 94.4 Å². The van der Waals surface area contributed by atoms with Crippen LogP contribution in [0.3, 0.4) is 0 Å². The normalized spacial score (nSPS) is 26.7. The number of hydrogen-bond donors (Lipinski definition) is 1. The van der Waals surface area contributed by atoms with Crippen molar-refractivity contribution in [3.63, 3.8) is 0 Å². The van der Waals surface area contributed by atoms with E-state index in [0.717, 1.165) is 56.5 Å². The van der Waals surface area contributed by atoms with E-state index >= 15 is 0 Å². The van der Waals surface area contributed by atoms with Crippen LogP contribution in [0.15, 0.2) is 47.6 Å². The van der Waals surface area contributed by atoms with Gasteiger partial charge in [0.25, 0.3) is 0 Å². The summed E-state index contributed by atoms with van der Waals surface area (Å²) in [4.78, 5) is 2.20. The van der Waals surface area contributed by atoms with Gasteiger partial charge in [0, 0.05) is 10.9 Å². The van der Waals surface area contributed by atoms with Crippen LogP contribution in [0.2, 0.25) is 5.02 Å². The van der Waals surface area contributed by atoms with Crippen molar-refractivity contribution in [1.82, 2.24) is 4.90 Å². The molecule has 0 bridgehead atoms. The van der Waals surface area contributed by atoms with E-state index in [1.54, 1.807) is 0 Å². The van der Waals surface area contributed by atoms with E-state index in [2.05, 4.69) is 43.3 Å². The van der Waals surface area contributed by atoms with Crippen molar-refractivity contribution in [2.45, 2.75) is 56.5 Å². The number of allylic oxidation sites excluding steroid dienone is 3. The first-order valence-electron chi connectivity index (χ1n) is 9.52. The molecule has 1 N–H and O–H groups in total. The zero-order valence-corrected chi connectivity index (χ0v) is 16.2. The van der Waals surface area contributed by atoms with Crippen molar-refractivity contribution < 1.29 is 5.11 Å². The SMILES string of the molecule is CN(C)CCC[C@@]1(O)C2=C(C=CCC2)CCC[C@@H]1c1ccc(Cl)cc1. The minimum atomic E-state index is -0.736. The van der Waals surface area contributed by atoms with Crippen LogP contribution >= 0.6 is 11.6 Å². The zero-order valence-electron chi connectivity index (χ0n) is 15.5. The Bertz CT molecular complexity index is 646. The first kappa shape index (κ1) is 18.7. The van der Waals surface area contributed by atoms with E-state index in [1.807, 2.05) is 12.1 Å².